The van der Waals surface area contributed by atoms with Crippen molar-refractivity contribution < 1.29 is 14.3 Å². The van der Waals surface area contributed by atoms with Gasteiger partial charge in [-0.05, 0) is 50.3 Å². The summed E-state index contributed by atoms with van der Waals surface area (Å²) in [4.78, 5) is 25.5. The van der Waals surface area contributed by atoms with Crippen LogP contribution in [0, 0.1) is 0 Å². The van der Waals surface area contributed by atoms with E-state index in [0.29, 0.717) is 13.2 Å². The van der Waals surface area contributed by atoms with Crippen molar-refractivity contribution in [3.8, 4) is 0 Å². The number of carbonyl (C=O) groups excluding carboxylic acids is 2. The number of benzene rings is 1. The maximum atomic E-state index is 12.8. The average molecular weight is 399 g/mol. The van der Waals surface area contributed by atoms with Gasteiger partial charge in [-0.25, -0.2) is 4.79 Å². The summed E-state index contributed by atoms with van der Waals surface area (Å²) in [6.07, 6.45) is 5.25. The van der Waals surface area contributed by atoms with Crippen LogP contribution in [-0.2, 0) is 22.5 Å². The second-order valence-corrected chi connectivity index (χ2v) is 7.33. The Kier molecular flexibility index (Phi) is 7.21. The molecule has 1 fully saturated rings. The van der Waals surface area contributed by atoms with Crippen molar-refractivity contribution in [1.29, 1.82) is 0 Å². The van der Waals surface area contributed by atoms with Crippen molar-refractivity contribution in [3.63, 3.8) is 0 Å². The number of hydrogen-bond acceptors (Lipinski definition) is 5. The average Bonchev–Trinajstić information content (AvgIpc) is 3.20. The molecule has 2 amide bonds. The summed E-state index contributed by atoms with van der Waals surface area (Å²) in [5.41, 5.74) is 1.88. The first-order valence-electron chi connectivity index (χ1n) is 10.2. The van der Waals surface area contributed by atoms with E-state index in [1.165, 1.54) is 6.92 Å². The second kappa shape index (κ2) is 10.0. The van der Waals surface area contributed by atoms with Crippen LogP contribution in [0.4, 0.5) is 10.5 Å². The van der Waals surface area contributed by atoms with Gasteiger partial charge in [0.2, 0.25) is 0 Å². The van der Waals surface area contributed by atoms with Crippen LogP contribution in [0.3, 0.4) is 0 Å². The Hall–Kier alpha value is -2.90. The van der Waals surface area contributed by atoms with Crippen LogP contribution in [0.25, 0.3) is 0 Å². The molecule has 8 heteroatoms. The van der Waals surface area contributed by atoms with E-state index in [2.05, 4.69) is 22.4 Å². The van der Waals surface area contributed by atoms with Gasteiger partial charge in [0.05, 0.1) is 6.61 Å². The van der Waals surface area contributed by atoms with E-state index in [0.717, 1.165) is 55.8 Å². The molecule has 156 valence electrons. The van der Waals surface area contributed by atoms with Crippen LogP contribution < -0.4 is 5.32 Å². The van der Waals surface area contributed by atoms with Crippen molar-refractivity contribution in [2.75, 3.05) is 25.0 Å². The molecule has 1 saturated heterocycles. The van der Waals surface area contributed by atoms with Gasteiger partial charge in [-0.15, -0.1) is 10.2 Å². The molecular formula is C21H29N5O3. The maximum absolute atomic E-state index is 12.8. The number of urea groups is 1. The maximum Gasteiger partial charge on any atom is 0.321 e. The molecule has 1 aliphatic rings. The molecule has 1 aliphatic heterocycles. The molecule has 1 unspecified atom stereocenters. The number of piperidine rings is 1. The van der Waals surface area contributed by atoms with Crippen molar-refractivity contribution in [3.05, 3.63) is 42.0 Å². The second-order valence-electron chi connectivity index (χ2n) is 7.33. The number of amides is 2. The number of hydrogen-bond donors (Lipinski definition) is 1. The summed E-state index contributed by atoms with van der Waals surface area (Å²) in [5, 5.41) is 11.3. The van der Waals surface area contributed by atoms with Gasteiger partial charge in [-0.3, -0.25) is 4.79 Å². The third-order valence-electron chi connectivity index (χ3n) is 5.15. The minimum Gasteiger partial charge on any atom is -0.466 e. The largest absolute Gasteiger partial charge is 0.466 e. The van der Waals surface area contributed by atoms with Gasteiger partial charge in [0.25, 0.3) is 0 Å². The van der Waals surface area contributed by atoms with E-state index in [1.807, 2.05) is 33.7 Å². The Morgan fingerprint density at radius 2 is 2.21 bits per heavy atom. The highest BCUT2D eigenvalue weighted by Gasteiger charge is 2.27. The molecule has 1 aromatic carbocycles. The van der Waals surface area contributed by atoms with E-state index in [1.54, 1.807) is 6.33 Å². The van der Waals surface area contributed by atoms with Crippen LogP contribution in [0.5, 0.6) is 0 Å². The molecule has 1 atom stereocenters. The van der Waals surface area contributed by atoms with Crippen LogP contribution in [0.15, 0.2) is 30.6 Å². The SMILES string of the molecule is CCn1cnnc1C1CCCN(C(=O)Nc2cccc(CCCOC(C)=O)c2)C1. The highest BCUT2D eigenvalue weighted by atomic mass is 16.5. The lowest BCUT2D eigenvalue weighted by molar-refractivity contribution is -0.141. The van der Waals surface area contributed by atoms with Gasteiger partial charge in [0.1, 0.15) is 12.2 Å². The number of ether oxygens (including phenoxy) is 1. The van der Waals surface area contributed by atoms with Gasteiger partial charge in [-0.1, -0.05) is 12.1 Å². The Balaban J connectivity index is 1.55. The molecule has 3 rings (SSSR count). The lowest BCUT2D eigenvalue weighted by Crippen LogP contribution is -2.42. The minimum absolute atomic E-state index is 0.0886. The summed E-state index contributed by atoms with van der Waals surface area (Å²) >= 11 is 0. The number of nitrogens with zero attached hydrogens (tertiary/aromatic N) is 4. The van der Waals surface area contributed by atoms with Crippen molar-refractivity contribution in [2.24, 2.45) is 0 Å². The molecule has 0 bridgehead atoms. The molecule has 1 aromatic heterocycles. The van der Waals surface area contributed by atoms with E-state index in [-0.39, 0.29) is 17.9 Å². The molecule has 2 heterocycles. The van der Waals surface area contributed by atoms with E-state index in [9.17, 15) is 9.59 Å². The minimum atomic E-state index is -0.261. The first-order chi connectivity index (χ1) is 14.1. The molecular weight excluding hydrogens is 370 g/mol. The smallest absolute Gasteiger partial charge is 0.321 e. The Labute approximate surface area is 171 Å². The lowest BCUT2D eigenvalue weighted by Gasteiger charge is -2.32. The fourth-order valence-corrected chi connectivity index (χ4v) is 3.70. The summed E-state index contributed by atoms with van der Waals surface area (Å²) < 4.78 is 7.02. The predicted octanol–water partition coefficient (Wildman–Crippen LogP) is 3.21. The summed E-state index contributed by atoms with van der Waals surface area (Å²) in [6, 6.07) is 7.72. The fraction of sp³-hybridized carbons (Fsp3) is 0.524. The zero-order valence-electron chi connectivity index (χ0n) is 17.1. The lowest BCUT2D eigenvalue weighted by atomic mass is 9.97. The fourth-order valence-electron chi connectivity index (χ4n) is 3.70. The normalized spacial score (nSPS) is 16.5. The summed E-state index contributed by atoms with van der Waals surface area (Å²) in [7, 11) is 0. The number of rotatable bonds is 7. The Morgan fingerprint density at radius 1 is 1.34 bits per heavy atom. The Bertz CT molecular complexity index is 835. The standard InChI is InChI=1S/C21H29N5O3/c1-3-25-15-22-24-20(25)18-9-5-11-26(14-18)21(28)23-19-10-4-7-17(13-19)8-6-12-29-16(2)27/h4,7,10,13,15,18H,3,5-6,8-9,11-12,14H2,1-2H3,(H,23,28). The predicted molar refractivity (Wildman–Crippen MR) is 110 cm³/mol. The third kappa shape index (κ3) is 5.79. The van der Waals surface area contributed by atoms with Crippen molar-refractivity contribution in [1.82, 2.24) is 19.7 Å². The number of aromatic nitrogens is 3. The number of esters is 1. The molecule has 0 radical (unpaired) electrons. The van der Waals surface area contributed by atoms with Crippen LogP contribution in [0.2, 0.25) is 0 Å². The molecule has 29 heavy (non-hydrogen) atoms. The van der Waals surface area contributed by atoms with Gasteiger partial charge in [0, 0.05) is 38.2 Å². The topological polar surface area (TPSA) is 89.3 Å². The quantitative estimate of drug-likeness (QED) is 0.570. The molecule has 8 nitrogen and oxygen atoms in total. The van der Waals surface area contributed by atoms with Crippen molar-refractivity contribution in [2.45, 2.75) is 52.0 Å². The summed E-state index contributed by atoms with van der Waals surface area (Å²) in [6.45, 7) is 6.10. The summed E-state index contributed by atoms with van der Waals surface area (Å²) in [5.74, 6) is 0.910. The monoisotopic (exact) mass is 399 g/mol. The van der Waals surface area contributed by atoms with Crippen LogP contribution in [-0.4, -0.2) is 51.4 Å². The highest BCUT2D eigenvalue weighted by molar-refractivity contribution is 5.89. The van der Waals surface area contributed by atoms with E-state index >= 15 is 0 Å². The molecule has 2 aromatic rings. The zero-order chi connectivity index (χ0) is 20.6. The first-order valence-corrected chi connectivity index (χ1v) is 10.2. The number of anilines is 1. The highest BCUT2D eigenvalue weighted by Crippen LogP contribution is 2.26. The Morgan fingerprint density at radius 3 is 3.00 bits per heavy atom. The van der Waals surface area contributed by atoms with Crippen molar-refractivity contribution >= 4 is 17.7 Å². The van der Waals surface area contributed by atoms with E-state index < -0.39 is 0 Å². The van der Waals surface area contributed by atoms with Gasteiger partial charge >= 0.3 is 12.0 Å². The van der Waals surface area contributed by atoms with E-state index in [4.69, 9.17) is 4.74 Å². The first kappa shape index (κ1) is 20.8. The number of carbonyl (C=O) groups is 2. The van der Waals surface area contributed by atoms with Crippen LogP contribution in [0.1, 0.15) is 50.4 Å². The number of aryl methyl sites for hydroxylation is 2. The van der Waals surface area contributed by atoms with Gasteiger partial charge < -0.3 is 19.5 Å². The van der Waals surface area contributed by atoms with Gasteiger partial charge in [0.15, 0.2) is 0 Å². The van der Waals surface area contributed by atoms with Gasteiger partial charge in [-0.2, -0.15) is 0 Å². The molecule has 0 aliphatic carbocycles. The third-order valence-corrected chi connectivity index (χ3v) is 5.15. The molecule has 0 spiro atoms. The van der Waals surface area contributed by atoms with Crippen LogP contribution >= 0.6 is 0 Å². The molecule has 0 saturated carbocycles. The molecule has 1 N–H and O–H groups in total. The number of nitrogens with one attached hydrogen (secondary N) is 1. The number of likely N-dealkylation sites (tertiary alicyclic amines) is 1. The zero-order valence-corrected chi connectivity index (χ0v) is 17.1.